The third kappa shape index (κ3) is 2.05. The largest absolute Gasteiger partial charge is 0.393 e. The molecular formula is C4H8KO. The first-order valence-corrected chi connectivity index (χ1v) is 2.07. The Morgan fingerprint density at radius 1 is 1.33 bits per heavy atom. The van der Waals surface area contributed by atoms with Crippen LogP contribution in [-0.2, 0) is 0 Å². The summed E-state index contributed by atoms with van der Waals surface area (Å²) in [7, 11) is 0. The first-order chi connectivity index (χ1) is 2.39. The Kier molecular flexibility index (Phi) is 4.53. The maximum Gasteiger partial charge on any atom is 0.0540 e. The summed E-state index contributed by atoms with van der Waals surface area (Å²) in [6.45, 7) is 0. The van der Waals surface area contributed by atoms with E-state index in [0.29, 0.717) is 0 Å². The van der Waals surface area contributed by atoms with Crippen molar-refractivity contribution in [2.45, 2.75) is 25.4 Å². The van der Waals surface area contributed by atoms with Crippen molar-refractivity contribution < 1.29 is 5.11 Å². The van der Waals surface area contributed by atoms with Crippen molar-refractivity contribution in [2.75, 3.05) is 0 Å². The van der Waals surface area contributed by atoms with Crippen molar-refractivity contribution in [3.05, 3.63) is 0 Å². The van der Waals surface area contributed by atoms with Gasteiger partial charge in [0.15, 0.2) is 0 Å². The second-order valence-electron chi connectivity index (χ2n) is 1.58. The zero-order chi connectivity index (χ0) is 3.70. The van der Waals surface area contributed by atoms with Gasteiger partial charge in [-0.1, -0.05) is 0 Å². The molecule has 0 aromatic rings. The van der Waals surface area contributed by atoms with Crippen molar-refractivity contribution in [3.63, 3.8) is 0 Å². The van der Waals surface area contributed by atoms with Crippen molar-refractivity contribution in [1.82, 2.24) is 0 Å². The summed E-state index contributed by atoms with van der Waals surface area (Å²) in [5.74, 6) is 0. The van der Waals surface area contributed by atoms with Crippen LogP contribution in [-0.4, -0.2) is 62.6 Å². The van der Waals surface area contributed by atoms with E-state index < -0.39 is 0 Å². The van der Waals surface area contributed by atoms with Gasteiger partial charge in [0.1, 0.15) is 0 Å². The molecule has 1 rings (SSSR count). The van der Waals surface area contributed by atoms with Gasteiger partial charge in [0.2, 0.25) is 0 Å². The fourth-order valence-corrected chi connectivity index (χ4v) is 0.387. The fraction of sp³-hybridized carbons (Fsp3) is 1.00. The molecule has 31 valence electrons. The monoisotopic (exact) mass is 111 g/mol. The van der Waals surface area contributed by atoms with E-state index in [-0.39, 0.29) is 57.5 Å². The zero-order valence-electron chi connectivity index (χ0n) is 4.15. The molecule has 1 radical (unpaired) electrons. The minimum Gasteiger partial charge on any atom is -0.393 e. The average Bonchev–Trinajstić information content (AvgIpc) is 1.30. The summed E-state index contributed by atoms with van der Waals surface area (Å²) in [4.78, 5) is 0. The molecule has 1 aliphatic rings. The van der Waals surface area contributed by atoms with Gasteiger partial charge in [-0.2, -0.15) is 0 Å². The Hall–Kier alpha value is 1.60. The molecule has 1 N–H and O–H groups in total. The fourth-order valence-electron chi connectivity index (χ4n) is 0.387. The average molecular weight is 111 g/mol. The van der Waals surface area contributed by atoms with Crippen LogP contribution in [0.15, 0.2) is 0 Å². The summed E-state index contributed by atoms with van der Waals surface area (Å²) in [5.41, 5.74) is 0. The van der Waals surface area contributed by atoms with Gasteiger partial charge in [0, 0.05) is 51.4 Å². The van der Waals surface area contributed by atoms with E-state index in [4.69, 9.17) is 5.11 Å². The van der Waals surface area contributed by atoms with Crippen LogP contribution in [0, 0.1) is 0 Å². The molecule has 0 unspecified atom stereocenters. The Balaban J connectivity index is 0.000000250. The molecule has 0 atom stereocenters. The van der Waals surface area contributed by atoms with Gasteiger partial charge in [0.25, 0.3) is 0 Å². The summed E-state index contributed by atoms with van der Waals surface area (Å²) >= 11 is 0. The molecule has 0 aromatic heterocycles. The first kappa shape index (κ1) is 7.60. The van der Waals surface area contributed by atoms with Crippen molar-refractivity contribution in [3.8, 4) is 0 Å². The molecule has 1 saturated carbocycles. The number of rotatable bonds is 0. The molecule has 0 heterocycles. The third-order valence-corrected chi connectivity index (χ3v) is 1.07. The molecule has 0 aliphatic heterocycles. The molecule has 0 bridgehead atoms. The number of aliphatic hydroxyl groups is 1. The minimum atomic E-state index is 0. The molecule has 2 heteroatoms. The summed E-state index contributed by atoms with van der Waals surface area (Å²) in [6.07, 6.45) is 3.39. The van der Waals surface area contributed by atoms with E-state index in [9.17, 15) is 0 Å². The van der Waals surface area contributed by atoms with Crippen LogP contribution < -0.4 is 0 Å². The van der Waals surface area contributed by atoms with Crippen molar-refractivity contribution >= 4 is 51.4 Å². The third-order valence-electron chi connectivity index (χ3n) is 1.07. The van der Waals surface area contributed by atoms with E-state index in [1.165, 1.54) is 6.42 Å². The molecule has 1 aliphatic carbocycles. The number of aliphatic hydroxyl groups excluding tert-OH is 1. The quantitative estimate of drug-likeness (QED) is 0.441. The topological polar surface area (TPSA) is 20.2 Å². The van der Waals surface area contributed by atoms with Crippen molar-refractivity contribution in [2.24, 2.45) is 0 Å². The van der Waals surface area contributed by atoms with Gasteiger partial charge in [-0.25, -0.2) is 0 Å². The van der Waals surface area contributed by atoms with E-state index in [1.54, 1.807) is 0 Å². The molecule has 0 spiro atoms. The molecule has 1 fully saturated rings. The van der Waals surface area contributed by atoms with E-state index >= 15 is 0 Å². The van der Waals surface area contributed by atoms with Crippen LogP contribution in [0.1, 0.15) is 19.3 Å². The molecule has 0 saturated heterocycles. The summed E-state index contributed by atoms with van der Waals surface area (Å²) in [6, 6.07) is 0. The van der Waals surface area contributed by atoms with Gasteiger partial charge in [0.05, 0.1) is 6.10 Å². The Morgan fingerprint density at radius 3 is 1.67 bits per heavy atom. The molecule has 6 heavy (non-hydrogen) atoms. The summed E-state index contributed by atoms with van der Waals surface area (Å²) < 4.78 is 0. The van der Waals surface area contributed by atoms with E-state index in [0.717, 1.165) is 12.8 Å². The zero-order valence-corrected chi connectivity index (χ0v) is 7.27. The molecular weight excluding hydrogens is 103 g/mol. The number of hydrogen-bond donors (Lipinski definition) is 1. The van der Waals surface area contributed by atoms with E-state index in [2.05, 4.69) is 0 Å². The maximum absolute atomic E-state index is 8.45. The SMILES string of the molecule is OC1CCC1.[K]. The molecule has 1 nitrogen and oxygen atoms in total. The van der Waals surface area contributed by atoms with Crippen LogP contribution >= 0.6 is 0 Å². The van der Waals surface area contributed by atoms with Gasteiger partial charge < -0.3 is 5.11 Å². The smallest absolute Gasteiger partial charge is 0.0540 e. The Morgan fingerprint density at radius 2 is 1.67 bits per heavy atom. The van der Waals surface area contributed by atoms with Crippen LogP contribution in [0.5, 0.6) is 0 Å². The minimum absolute atomic E-state index is 0. The second-order valence-corrected chi connectivity index (χ2v) is 1.58. The predicted octanol–water partition coefficient (Wildman–Crippen LogP) is 0.150. The number of hydrogen-bond acceptors (Lipinski definition) is 1. The first-order valence-electron chi connectivity index (χ1n) is 2.07. The van der Waals surface area contributed by atoms with Gasteiger partial charge in [-0.3, -0.25) is 0 Å². The van der Waals surface area contributed by atoms with Gasteiger partial charge >= 0.3 is 0 Å². The van der Waals surface area contributed by atoms with Gasteiger partial charge in [-0.15, -0.1) is 0 Å². The maximum atomic E-state index is 8.45. The van der Waals surface area contributed by atoms with Crippen molar-refractivity contribution in [1.29, 1.82) is 0 Å². The van der Waals surface area contributed by atoms with E-state index in [1.807, 2.05) is 0 Å². The molecule has 0 amide bonds. The molecule has 0 aromatic carbocycles. The van der Waals surface area contributed by atoms with Crippen LogP contribution in [0.25, 0.3) is 0 Å². The van der Waals surface area contributed by atoms with Crippen LogP contribution in [0.2, 0.25) is 0 Å². The summed E-state index contributed by atoms with van der Waals surface area (Å²) in [5, 5.41) is 8.45. The predicted molar refractivity (Wildman–Crippen MR) is 25.6 cm³/mol. The van der Waals surface area contributed by atoms with Gasteiger partial charge in [-0.05, 0) is 19.3 Å². The Labute approximate surface area is 80.5 Å². The van der Waals surface area contributed by atoms with Crippen LogP contribution in [0.4, 0.5) is 0 Å². The Bertz CT molecular complexity index is 34.5. The standard InChI is InChI=1S/C4H8O.K/c5-4-2-1-3-4;/h4-5H,1-3H2;. The van der Waals surface area contributed by atoms with Crippen LogP contribution in [0.3, 0.4) is 0 Å². The second kappa shape index (κ2) is 3.58. The normalized spacial score (nSPS) is 21.5.